The summed E-state index contributed by atoms with van der Waals surface area (Å²) in [5.74, 6) is 0.638. The Morgan fingerprint density at radius 3 is 2.41 bits per heavy atom. The summed E-state index contributed by atoms with van der Waals surface area (Å²) in [5.41, 5.74) is 0.170. The second-order valence-corrected chi connectivity index (χ2v) is 11.1. The lowest BCUT2D eigenvalue weighted by Gasteiger charge is -2.46. The topological polar surface area (TPSA) is 31.4 Å². The molecule has 2 heterocycles. The second-order valence-electron chi connectivity index (χ2n) is 10.2. The Labute approximate surface area is 183 Å². The van der Waals surface area contributed by atoms with Crippen molar-refractivity contribution in [3.05, 3.63) is 0 Å². The summed E-state index contributed by atoms with van der Waals surface area (Å²) in [4.78, 5) is 7.56. The molecule has 0 aromatic heterocycles. The average molecular weight is 429 g/mol. The van der Waals surface area contributed by atoms with Gasteiger partial charge in [0.2, 0.25) is 0 Å². The molecule has 0 N–H and O–H groups in total. The highest BCUT2D eigenvalue weighted by Crippen LogP contribution is 2.52. The van der Waals surface area contributed by atoms with Crippen molar-refractivity contribution in [2.75, 3.05) is 73.3 Å². The standard InChI is InChI=1S/C22H44N4O2S/c1-17(2)25-9-11-28-20(15-25)22(23(5)6)13-18(22)14-24(7)21(3,4)19-16-26(29-8)10-12-27-19/h17-20H,9-16H2,1-8H3/t18?,19-,20+,22?/m0/s1. The van der Waals surface area contributed by atoms with E-state index in [4.69, 9.17) is 9.47 Å². The number of rotatable bonds is 8. The van der Waals surface area contributed by atoms with Gasteiger partial charge < -0.3 is 14.4 Å². The van der Waals surface area contributed by atoms with E-state index >= 15 is 0 Å². The van der Waals surface area contributed by atoms with Crippen molar-refractivity contribution in [3.8, 4) is 0 Å². The minimum atomic E-state index is 0.00638. The maximum atomic E-state index is 6.35. The van der Waals surface area contributed by atoms with E-state index in [1.54, 1.807) is 0 Å². The van der Waals surface area contributed by atoms with E-state index in [-0.39, 0.29) is 17.2 Å². The van der Waals surface area contributed by atoms with Crippen LogP contribution in [0.25, 0.3) is 0 Å². The van der Waals surface area contributed by atoms with Gasteiger partial charge in [0.25, 0.3) is 0 Å². The van der Waals surface area contributed by atoms with Gasteiger partial charge in [0.15, 0.2) is 0 Å². The largest absolute Gasteiger partial charge is 0.374 e. The van der Waals surface area contributed by atoms with Crippen molar-refractivity contribution < 1.29 is 9.47 Å². The van der Waals surface area contributed by atoms with Crippen molar-refractivity contribution in [1.82, 2.24) is 19.0 Å². The highest BCUT2D eigenvalue weighted by molar-refractivity contribution is 7.96. The van der Waals surface area contributed by atoms with Crippen LogP contribution in [0.1, 0.15) is 34.1 Å². The second kappa shape index (κ2) is 9.31. The first-order valence-electron chi connectivity index (χ1n) is 11.3. The van der Waals surface area contributed by atoms with Gasteiger partial charge >= 0.3 is 0 Å². The fraction of sp³-hybridized carbons (Fsp3) is 1.00. The van der Waals surface area contributed by atoms with E-state index in [1.165, 1.54) is 6.42 Å². The van der Waals surface area contributed by atoms with Crippen LogP contribution < -0.4 is 0 Å². The quantitative estimate of drug-likeness (QED) is 0.547. The summed E-state index contributed by atoms with van der Waals surface area (Å²) < 4.78 is 15.0. The first-order chi connectivity index (χ1) is 13.6. The third kappa shape index (κ3) is 4.81. The van der Waals surface area contributed by atoms with Crippen LogP contribution in [0.2, 0.25) is 0 Å². The Balaban J connectivity index is 1.65. The van der Waals surface area contributed by atoms with E-state index in [0.29, 0.717) is 18.1 Å². The predicted molar refractivity (Wildman–Crippen MR) is 123 cm³/mol. The smallest absolute Gasteiger partial charge is 0.0889 e. The number of hydrogen-bond acceptors (Lipinski definition) is 7. The minimum Gasteiger partial charge on any atom is -0.374 e. The fourth-order valence-corrected chi connectivity index (χ4v) is 5.80. The van der Waals surface area contributed by atoms with Gasteiger partial charge in [-0.2, -0.15) is 0 Å². The van der Waals surface area contributed by atoms with Gasteiger partial charge in [0.1, 0.15) is 0 Å². The van der Waals surface area contributed by atoms with Crippen molar-refractivity contribution in [3.63, 3.8) is 0 Å². The van der Waals surface area contributed by atoms with Crippen LogP contribution in [0.3, 0.4) is 0 Å². The molecule has 3 aliphatic rings. The molecule has 0 amide bonds. The molecule has 0 bridgehead atoms. The number of ether oxygens (including phenoxy) is 2. The van der Waals surface area contributed by atoms with Gasteiger partial charge in [0, 0.05) is 44.3 Å². The van der Waals surface area contributed by atoms with Gasteiger partial charge in [0.05, 0.1) is 31.0 Å². The lowest BCUT2D eigenvalue weighted by atomic mass is 9.93. The SMILES string of the molecule is CSN1CCO[C@H](C(C)(C)N(C)CC2CC2([C@H]2CN(C(C)C)CCO2)N(C)C)C1. The molecule has 2 saturated heterocycles. The Morgan fingerprint density at radius 1 is 1.10 bits per heavy atom. The molecule has 4 atom stereocenters. The Bertz CT molecular complexity index is 547. The van der Waals surface area contributed by atoms with Crippen LogP contribution >= 0.6 is 11.9 Å². The highest BCUT2D eigenvalue weighted by Gasteiger charge is 2.62. The summed E-state index contributed by atoms with van der Waals surface area (Å²) in [5, 5.41) is 0. The van der Waals surface area contributed by atoms with Crippen molar-refractivity contribution in [2.45, 2.75) is 63.4 Å². The van der Waals surface area contributed by atoms with Gasteiger partial charge in [-0.05, 0) is 67.4 Å². The molecule has 1 saturated carbocycles. The van der Waals surface area contributed by atoms with Gasteiger partial charge in [-0.1, -0.05) is 11.9 Å². The summed E-state index contributed by atoms with van der Waals surface area (Å²) in [6, 6.07) is 0.585. The average Bonchev–Trinajstić information content (AvgIpc) is 3.43. The lowest BCUT2D eigenvalue weighted by molar-refractivity contribution is -0.0936. The summed E-state index contributed by atoms with van der Waals surface area (Å²) in [7, 11) is 6.76. The zero-order chi connectivity index (χ0) is 21.4. The maximum absolute atomic E-state index is 6.35. The Morgan fingerprint density at radius 2 is 1.79 bits per heavy atom. The Hall–Kier alpha value is 0.110. The summed E-state index contributed by atoms with van der Waals surface area (Å²) in [6.45, 7) is 16.2. The number of morpholine rings is 2. The minimum absolute atomic E-state index is 0.00638. The molecule has 3 fully saturated rings. The van der Waals surface area contributed by atoms with Crippen LogP contribution in [0.5, 0.6) is 0 Å². The number of likely N-dealkylation sites (N-methyl/N-ethyl adjacent to an activating group) is 2. The third-order valence-corrected chi connectivity index (χ3v) is 8.74. The van der Waals surface area contributed by atoms with Crippen LogP contribution in [0, 0.1) is 5.92 Å². The highest BCUT2D eigenvalue weighted by atomic mass is 32.2. The Kier molecular flexibility index (Phi) is 7.63. The molecule has 7 heteroatoms. The molecule has 0 radical (unpaired) electrons. The first kappa shape index (κ1) is 23.8. The lowest BCUT2D eigenvalue weighted by Crippen LogP contribution is -2.59. The van der Waals surface area contributed by atoms with E-state index in [9.17, 15) is 0 Å². The molecular formula is C22H44N4O2S. The molecule has 29 heavy (non-hydrogen) atoms. The molecule has 6 nitrogen and oxygen atoms in total. The molecule has 0 aromatic carbocycles. The van der Waals surface area contributed by atoms with Gasteiger partial charge in [-0.15, -0.1) is 0 Å². The number of nitrogens with zero attached hydrogens (tertiary/aromatic N) is 4. The predicted octanol–water partition coefficient (Wildman–Crippen LogP) is 2.11. The van der Waals surface area contributed by atoms with Crippen molar-refractivity contribution in [1.29, 1.82) is 0 Å². The normalized spacial score (nSPS) is 35.1. The van der Waals surface area contributed by atoms with Crippen LogP contribution in [0.15, 0.2) is 0 Å². The number of hydrogen-bond donors (Lipinski definition) is 0. The monoisotopic (exact) mass is 428 g/mol. The molecule has 0 aromatic rings. The molecule has 3 rings (SSSR count). The first-order valence-corrected chi connectivity index (χ1v) is 12.5. The molecule has 2 aliphatic heterocycles. The van der Waals surface area contributed by atoms with Crippen LogP contribution in [-0.2, 0) is 9.47 Å². The van der Waals surface area contributed by atoms with Crippen LogP contribution in [0.4, 0.5) is 0 Å². The molecule has 2 unspecified atom stereocenters. The zero-order valence-corrected chi connectivity index (χ0v) is 20.8. The summed E-state index contributed by atoms with van der Waals surface area (Å²) in [6.07, 6.45) is 3.93. The van der Waals surface area contributed by atoms with Gasteiger partial charge in [-0.3, -0.25) is 9.80 Å². The summed E-state index contributed by atoms with van der Waals surface area (Å²) >= 11 is 1.84. The third-order valence-electron chi connectivity index (χ3n) is 7.89. The van der Waals surface area contributed by atoms with E-state index in [2.05, 4.69) is 74.1 Å². The zero-order valence-electron chi connectivity index (χ0n) is 20.0. The fourth-order valence-electron chi connectivity index (χ4n) is 5.26. The molecular weight excluding hydrogens is 384 g/mol. The maximum Gasteiger partial charge on any atom is 0.0889 e. The van der Waals surface area contributed by atoms with Crippen molar-refractivity contribution >= 4 is 11.9 Å². The van der Waals surface area contributed by atoms with Gasteiger partial charge in [-0.25, -0.2) is 4.31 Å². The van der Waals surface area contributed by atoms with E-state index < -0.39 is 0 Å². The molecule has 0 spiro atoms. The van der Waals surface area contributed by atoms with Crippen LogP contribution in [-0.4, -0.2) is 122 Å². The van der Waals surface area contributed by atoms with Crippen molar-refractivity contribution in [2.24, 2.45) is 5.92 Å². The van der Waals surface area contributed by atoms with E-state index in [1.807, 2.05) is 11.9 Å². The molecule has 170 valence electrons. The van der Waals surface area contributed by atoms with E-state index in [0.717, 1.165) is 45.9 Å². The molecule has 1 aliphatic carbocycles.